The molecule has 2 atom stereocenters. The Morgan fingerprint density at radius 2 is 1.80 bits per heavy atom. The smallest absolute Gasteiger partial charge is 0.0927 e. The number of hydrogen-bond acceptors (Lipinski definition) is 0. The molecule has 0 aliphatic rings. The molecule has 0 nitrogen and oxygen atoms in total. The van der Waals surface area contributed by atoms with Gasteiger partial charge in [0.15, 0.2) is 0 Å². The Labute approximate surface area is 67.3 Å². The van der Waals surface area contributed by atoms with Crippen LogP contribution in [-0.4, -0.2) is 14.3 Å². The van der Waals surface area contributed by atoms with Gasteiger partial charge in [-0.3, -0.25) is 0 Å². The van der Waals surface area contributed by atoms with Gasteiger partial charge in [-0.1, -0.05) is 40.3 Å². The van der Waals surface area contributed by atoms with Gasteiger partial charge in [-0.25, -0.2) is 0 Å². The maximum Gasteiger partial charge on any atom is 0.0971 e. The summed E-state index contributed by atoms with van der Waals surface area (Å²) in [5.41, 5.74) is 0. The van der Waals surface area contributed by atoms with Crippen molar-refractivity contribution in [3.63, 3.8) is 0 Å². The SMILES string of the molecule is BB(C)CC(C)C(C)CC. The molecule has 0 heterocycles. The number of hydrogen-bond donors (Lipinski definition) is 0. The van der Waals surface area contributed by atoms with E-state index in [0.29, 0.717) is 0 Å². The number of rotatable bonds is 4. The maximum absolute atomic E-state index is 2.37. The molecule has 0 bridgehead atoms. The quantitative estimate of drug-likeness (QED) is 0.520. The molecule has 0 aromatic heterocycles. The molecule has 10 heavy (non-hydrogen) atoms. The molecule has 2 heteroatoms. The van der Waals surface area contributed by atoms with Crippen LogP contribution in [0.15, 0.2) is 0 Å². The molecule has 0 N–H and O–H groups in total. The first-order chi connectivity index (χ1) is 4.57. The normalized spacial score (nSPS) is 16.4. The van der Waals surface area contributed by atoms with Crippen molar-refractivity contribution in [2.45, 2.75) is 40.3 Å². The highest BCUT2D eigenvalue weighted by molar-refractivity contribution is 7.02. The molecule has 58 valence electrons. The summed E-state index contributed by atoms with van der Waals surface area (Å²) < 4.78 is 0. The lowest BCUT2D eigenvalue weighted by Crippen LogP contribution is -2.16. The van der Waals surface area contributed by atoms with E-state index in [1.54, 1.807) is 0 Å². The topological polar surface area (TPSA) is 0 Å². The Bertz CT molecular complexity index is 81.3. The minimum Gasteiger partial charge on any atom is -0.0927 e. The van der Waals surface area contributed by atoms with E-state index < -0.39 is 0 Å². The lowest BCUT2D eigenvalue weighted by atomic mass is 9.31. The van der Waals surface area contributed by atoms with Crippen LogP contribution in [0, 0.1) is 11.8 Å². The van der Waals surface area contributed by atoms with Crippen molar-refractivity contribution in [1.29, 1.82) is 0 Å². The van der Waals surface area contributed by atoms with Crippen LogP contribution in [0.5, 0.6) is 0 Å². The average Bonchev–Trinajstić information content (AvgIpc) is 1.85. The molecular formula is C8H20B2. The second kappa shape index (κ2) is 4.87. The zero-order chi connectivity index (χ0) is 8.15. The average molecular weight is 138 g/mol. The molecule has 0 aliphatic heterocycles. The van der Waals surface area contributed by atoms with Crippen molar-refractivity contribution in [1.82, 2.24) is 0 Å². The van der Waals surface area contributed by atoms with E-state index in [9.17, 15) is 0 Å². The van der Waals surface area contributed by atoms with Gasteiger partial charge in [0.05, 0.1) is 14.3 Å². The van der Waals surface area contributed by atoms with Crippen LogP contribution in [0.2, 0.25) is 13.1 Å². The molecule has 0 aliphatic carbocycles. The largest absolute Gasteiger partial charge is 0.0971 e. The molecule has 0 aromatic carbocycles. The fourth-order valence-corrected chi connectivity index (χ4v) is 1.38. The van der Waals surface area contributed by atoms with Gasteiger partial charge in [0.2, 0.25) is 0 Å². The molecule has 0 saturated carbocycles. The van der Waals surface area contributed by atoms with Gasteiger partial charge in [0.1, 0.15) is 0 Å². The van der Waals surface area contributed by atoms with E-state index in [1.165, 1.54) is 12.7 Å². The zero-order valence-corrected chi connectivity index (χ0v) is 8.15. The Hall–Kier alpha value is 0.130. The lowest BCUT2D eigenvalue weighted by Gasteiger charge is -2.18. The van der Waals surface area contributed by atoms with Crippen LogP contribution >= 0.6 is 0 Å². The third kappa shape index (κ3) is 4.03. The highest BCUT2D eigenvalue weighted by Gasteiger charge is 2.12. The predicted octanol–water partition coefficient (Wildman–Crippen LogP) is 1.92. The summed E-state index contributed by atoms with van der Waals surface area (Å²) in [5.74, 6) is 1.81. The van der Waals surface area contributed by atoms with Crippen molar-refractivity contribution >= 4 is 14.3 Å². The van der Waals surface area contributed by atoms with Gasteiger partial charge < -0.3 is 0 Å². The molecule has 2 unspecified atom stereocenters. The third-order valence-corrected chi connectivity index (χ3v) is 2.46. The summed E-state index contributed by atoms with van der Waals surface area (Å²) >= 11 is 0. The highest BCUT2D eigenvalue weighted by Crippen LogP contribution is 2.19. The monoisotopic (exact) mass is 138 g/mol. The predicted molar refractivity (Wildman–Crippen MR) is 53.6 cm³/mol. The van der Waals surface area contributed by atoms with E-state index in [0.717, 1.165) is 18.4 Å². The van der Waals surface area contributed by atoms with Crippen LogP contribution < -0.4 is 0 Å². The lowest BCUT2D eigenvalue weighted by molar-refractivity contribution is 0.406. The van der Waals surface area contributed by atoms with Gasteiger partial charge >= 0.3 is 0 Å². The second-order valence-corrected chi connectivity index (χ2v) is 3.99. The van der Waals surface area contributed by atoms with Gasteiger partial charge in [-0.05, 0) is 11.8 Å². The Kier molecular flexibility index (Phi) is 4.93. The summed E-state index contributed by atoms with van der Waals surface area (Å²) in [7, 11) is 2.30. The van der Waals surface area contributed by atoms with Gasteiger partial charge in [-0.15, -0.1) is 0 Å². The first-order valence-corrected chi connectivity index (χ1v) is 4.57. The van der Waals surface area contributed by atoms with E-state index in [4.69, 9.17) is 0 Å². The molecule has 0 amide bonds. The van der Waals surface area contributed by atoms with Crippen molar-refractivity contribution in [2.75, 3.05) is 0 Å². The van der Waals surface area contributed by atoms with E-state index >= 15 is 0 Å². The van der Waals surface area contributed by atoms with Crippen LogP contribution in [0.3, 0.4) is 0 Å². The van der Waals surface area contributed by atoms with Gasteiger partial charge in [0, 0.05) is 0 Å². The molecule has 0 rings (SSSR count). The van der Waals surface area contributed by atoms with Crippen LogP contribution in [0.4, 0.5) is 0 Å². The Balaban J connectivity index is 3.50. The summed E-state index contributed by atoms with van der Waals surface area (Å²) in [5, 5.41) is 0. The summed E-state index contributed by atoms with van der Waals surface area (Å²) in [6.07, 6.45) is 2.71. The van der Waals surface area contributed by atoms with Crippen molar-refractivity contribution < 1.29 is 0 Å². The molecule has 0 saturated heterocycles. The van der Waals surface area contributed by atoms with E-state index in [-0.39, 0.29) is 0 Å². The molecule has 0 fully saturated rings. The molecule has 0 aromatic rings. The maximum atomic E-state index is 2.37. The summed E-state index contributed by atoms with van der Waals surface area (Å²) in [6.45, 7) is 10.2. The molecule has 0 radical (unpaired) electrons. The minimum atomic E-state index is 0.865. The van der Waals surface area contributed by atoms with Crippen LogP contribution in [0.25, 0.3) is 0 Å². The molecular weight excluding hydrogens is 118 g/mol. The van der Waals surface area contributed by atoms with Crippen molar-refractivity contribution in [3.8, 4) is 0 Å². The minimum absolute atomic E-state index is 0.865. The summed E-state index contributed by atoms with van der Waals surface area (Å²) in [4.78, 5) is 0. The van der Waals surface area contributed by atoms with E-state index in [1.807, 2.05) is 0 Å². The second-order valence-electron chi connectivity index (χ2n) is 3.99. The first kappa shape index (κ1) is 10.1. The van der Waals surface area contributed by atoms with Crippen molar-refractivity contribution in [3.05, 3.63) is 0 Å². The summed E-state index contributed by atoms with van der Waals surface area (Å²) in [6, 6.07) is 0. The standard InChI is InChI=1S/C8H20B2/c1-5-7(2)8(3)6-10(4)9/h7-8H,5-6,9H2,1-4H3. The molecule has 0 spiro atoms. The highest BCUT2D eigenvalue weighted by atomic mass is 14.1. The Morgan fingerprint density at radius 3 is 2.10 bits per heavy atom. The first-order valence-electron chi connectivity index (χ1n) is 4.57. The zero-order valence-electron chi connectivity index (χ0n) is 8.15. The fraction of sp³-hybridized carbons (Fsp3) is 1.00. The third-order valence-electron chi connectivity index (χ3n) is 2.46. The van der Waals surface area contributed by atoms with Gasteiger partial charge in [0.25, 0.3) is 0 Å². The van der Waals surface area contributed by atoms with E-state index in [2.05, 4.69) is 35.3 Å². The Morgan fingerprint density at radius 1 is 1.30 bits per heavy atom. The van der Waals surface area contributed by atoms with Crippen LogP contribution in [0.1, 0.15) is 27.2 Å². The van der Waals surface area contributed by atoms with Crippen molar-refractivity contribution in [2.24, 2.45) is 11.8 Å². The van der Waals surface area contributed by atoms with Crippen LogP contribution in [-0.2, 0) is 0 Å². The fourth-order valence-electron chi connectivity index (χ4n) is 1.38. The van der Waals surface area contributed by atoms with Gasteiger partial charge in [-0.2, -0.15) is 0 Å².